The minimum atomic E-state index is -0.764. The largest absolute Gasteiger partial charge is 0.481 e. The molecule has 282 valence electrons. The highest BCUT2D eigenvalue weighted by Crippen LogP contribution is 2.64. The third kappa shape index (κ3) is 20.2. The molecule has 1 fully saturated rings. The summed E-state index contributed by atoms with van der Waals surface area (Å²) < 4.78 is 0. The second-order valence-corrected chi connectivity index (χ2v) is 17.8. The Morgan fingerprint density at radius 3 is 0.833 bits per heavy atom. The van der Waals surface area contributed by atoms with Crippen molar-refractivity contribution in [3.8, 4) is 0 Å². The summed E-state index contributed by atoms with van der Waals surface area (Å²) in [6.45, 7) is 13.6. The van der Waals surface area contributed by atoms with Gasteiger partial charge in [-0.05, 0) is 91.8 Å². The van der Waals surface area contributed by atoms with Gasteiger partial charge in [0.1, 0.15) is 0 Å². The Morgan fingerprint density at radius 1 is 0.396 bits per heavy atom. The SMILES string of the molecule is CC(C)CCCCCCC1(CCC(=O)O)CC(CCCCCCC(C)C)(CCC(=O)O)CC(CCCCCCC(C)C)(CCC(=O)O)C1. The first kappa shape index (κ1) is 44.4. The molecule has 1 aliphatic rings. The van der Waals surface area contributed by atoms with Crippen molar-refractivity contribution in [2.24, 2.45) is 34.0 Å². The van der Waals surface area contributed by atoms with E-state index < -0.39 is 17.9 Å². The fourth-order valence-electron chi connectivity index (χ4n) is 9.34. The van der Waals surface area contributed by atoms with Gasteiger partial charge in [-0.2, -0.15) is 0 Å². The number of hydrogen-bond donors (Lipinski definition) is 3. The van der Waals surface area contributed by atoms with Gasteiger partial charge in [0.2, 0.25) is 0 Å². The van der Waals surface area contributed by atoms with Crippen LogP contribution in [0, 0.1) is 34.0 Å². The summed E-state index contributed by atoms with van der Waals surface area (Å²) in [6.07, 6.45) is 25.3. The third-order valence-corrected chi connectivity index (χ3v) is 11.6. The van der Waals surface area contributed by atoms with Gasteiger partial charge < -0.3 is 15.3 Å². The summed E-state index contributed by atoms with van der Waals surface area (Å²) in [6, 6.07) is 0. The van der Waals surface area contributed by atoms with Crippen LogP contribution in [-0.2, 0) is 14.4 Å². The van der Waals surface area contributed by atoms with Crippen molar-refractivity contribution in [3.63, 3.8) is 0 Å². The van der Waals surface area contributed by atoms with E-state index in [-0.39, 0.29) is 35.5 Å². The molecule has 0 aromatic rings. The molecule has 1 rings (SSSR count). The molecular formula is C42H78O6. The van der Waals surface area contributed by atoms with E-state index in [1.165, 1.54) is 57.8 Å². The van der Waals surface area contributed by atoms with Gasteiger partial charge in [0.25, 0.3) is 0 Å². The Kier molecular flexibility index (Phi) is 22.0. The van der Waals surface area contributed by atoms with Crippen molar-refractivity contribution in [2.45, 2.75) is 215 Å². The van der Waals surface area contributed by atoms with Crippen LogP contribution in [0.5, 0.6) is 0 Å². The number of carbonyl (C=O) groups is 3. The van der Waals surface area contributed by atoms with Crippen LogP contribution in [0.2, 0.25) is 0 Å². The van der Waals surface area contributed by atoms with Gasteiger partial charge >= 0.3 is 17.9 Å². The molecule has 0 spiro atoms. The van der Waals surface area contributed by atoms with E-state index in [2.05, 4.69) is 41.5 Å². The van der Waals surface area contributed by atoms with Crippen molar-refractivity contribution < 1.29 is 29.7 Å². The lowest BCUT2D eigenvalue weighted by atomic mass is 9.47. The first-order valence-corrected chi connectivity index (χ1v) is 20.3. The zero-order valence-corrected chi connectivity index (χ0v) is 32.4. The van der Waals surface area contributed by atoms with Crippen molar-refractivity contribution >= 4 is 17.9 Å². The zero-order valence-electron chi connectivity index (χ0n) is 32.4. The standard InChI is InChI=1S/C42H78O6/c1-34(2)19-13-7-10-16-25-40(28-22-37(43)44)31-41(29-23-38(45)46,26-17-11-8-14-20-35(3)4)33-42(32-40,30-24-39(47)48)27-18-12-9-15-21-36(5)6/h34-36H,7-33H2,1-6H3,(H,43,44)(H,45,46)(H,47,48). The van der Waals surface area contributed by atoms with E-state index in [4.69, 9.17) is 0 Å². The van der Waals surface area contributed by atoms with Crippen LogP contribution >= 0.6 is 0 Å². The highest BCUT2D eigenvalue weighted by molar-refractivity contribution is 5.67. The molecule has 0 atom stereocenters. The molecule has 1 saturated carbocycles. The fraction of sp³-hybridized carbons (Fsp3) is 0.929. The first-order chi connectivity index (χ1) is 22.6. The maximum absolute atomic E-state index is 12.1. The maximum atomic E-state index is 12.1. The molecule has 0 bridgehead atoms. The number of carboxylic acid groups (broad SMARTS) is 3. The summed E-state index contributed by atoms with van der Waals surface area (Å²) in [4.78, 5) is 36.3. The molecule has 0 aliphatic heterocycles. The Labute approximate surface area is 296 Å². The highest BCUT2D eigenvalue weighted by atomic mass is 16.4. The molecule has 0 saturated heterocycles. The average Bonchev–Trinajstić information content (AvgIpc) is 2.99. The van der Waals surface area contributed by atoms with E-state index in [0.29, 0.717) is 37.0 Å². The molecule has 6 heteroatoms. The zero-order chi connectivity index (χ0) is 36.1. The monoisotopic (exact) mass is 679 g/mol. The van der Waals surface area contributed by atoms with E-state index in [9.17, 15) is 29.7 Å². The van der Waals surface area contributed by atoms with Crippen LogP contribution in [-0.4, -0.2) is 33.2 Å². The Morgan fingerprint density at radius 2 is 0.625 bits per heavy atom. The molecule has 0 unspecified atom stereocenters. The number of hydrogen-bond acceptors (Lipinski definition) is 3. The van der Waals surface area contributed by atoms with Crippen LogP contribution in [0.15, 0.2) is 0 Å². The summed E-state index contributed by atoms with van der Waals surface area (Å²) in [5.41, 5.74) is -0.580. The van der Waals surface area contributed by atoms with Crippen molar-refractivity contribution in [1.29, 1.82) is 0 Å². The maximum Gasteiger partial charge on any atom is 0.303 e. The molecule has 0 radical (unpaired) electrons. The molecule has 0 heterocycles. The van der Waals surface area contributed by atoms with E-state index >= 15 is 0 Å². The molecular weight excluding hydrogens is 600 g/mol. The van der Waals surface area contributed by atoms with Gasteiger partial charge in [0.15, 0.2) is 0 Å². The van der Waals surface area contributed by atoms with Gasteiger partial charge in [-0.1, -0.05) is 138 Å². The predicted octanol–water partition coefficient (Wildman–Crippen LogP) is 12.7. The predicted molar refractivity (Wildman–Crippen MR) is 199 cm³/mol. The van der Waals surface area contributed by atoms with Gasteiger partial charge in [-0.25, -0.2) is 0 Å². The van der Waals surface area contributed by atoms with Crippen molar-refractivity contribution in [3.05, 3.63) is 0 Å². The van der Waals surface area contributed by atoms with Crippen LogP contribution in [0.1, 0.15) is 215 Å². The van der Waals surface area contributed by atoms with E-state index in [1.54, 1.807) is 0 Å². The first-order valence-electron chi connectivity index (χ1n) is 20.3. The summed E-state index contributed by atoms with van der Waals surface area (Å²) in [5.74, 6) is -0.194. The third-order valence-electron chi connectivity index (χ3n) is 11.6. The lowest BCUT2D eigenvalue weighted by Gasteiger charge is -2.58. The van der Waals surface area contributed by atoms with Crippen molar-refractivity contribution in [2.75, 3.05) is 0 Å². The summed E-state index contributed by atoms with van der Waals surface area (Å²) in [7, 11) is 0. The van der Waals surface area contributed by atoms with Crippen LogP contribution < -0.4 is 0 Å². The minimum absolute atomic E-state index is 0.127. The normalized spacial score (nSPS) is 22.9. The highest BCUT2D eigenvalue weighted by Gasteiger charge is 2.53. The van der Waals surface area contributed by atoms with E-state index in [1.807, 2.05) is 0 Å². The average molecular weight is 679 g/mol. The van der Waals surface area contributed by atoms with Gasteiger partial charge in [0.05, 0.1) is 0 Å². The van der Waals surface area contributed by atoms with Crippen LogP contribution in [0.3, 0.4) is 0 Å². The van der Waals surface area contributed by atoms with Gasteiger partial charge in [-0.3, -0.25) is 14.4 Å². The lowest BCUT2D eigenvalue weighted by Crippen LogP contribution is -2.47. The lowest BCUT2D eigenvalue weighted by molar-refractivity contribution is -0.140. The summed E-state index contributed by atoms with van der Waals surface area (Å²) >= 11 is 0. The molecule has 6 nitrogen and oxygen atoms in total. The second-order valence-electron chi connectivity index (χ2n) is 17.8. The molecule has 0 aromatic carbocycles. The molecule has 1 aliphatic carbocycles. The van der Waals surface area contributed by atoms with E-state index in [0.717, 1.165) is 77.0 Å². The number of aliphatic carboxylic acids is 3. The van der Waals surface area contributed by atoms with Gasteiger partial charge in [-0.15, -0.1) is 0 Å². The number of rotatable bonds is 30. The van der Waals surface area contributed by atoms with Crippen LogP contribution in [0.25, 0.3) is 0 Å². The molecule has 0 aromatic heterocycles. The number of carboxylic acids is 3. The fourth-order valence-corrected chi connectivity index (χ4v) is 9.34. The Hall–Kier alpha value is -1.59. The Bertz CT molecular complexity index is 770. The summed E-state index contributed by atoms with van der Waals surface area (Å²) in [5, 5.41) is 29.8. The van der Waals surface area contributed by atoms with Crippen molar-refractivity contribution in [1.82, 2.24) is 0 Å². The van der Waals surface area contributed by atoms with Crippen LogP contribution in [0.4, 0.5) is 0 Å². The smallest absolute Gasteiger partial charge is 0.303 e. The Balaban J connectivity index is 3.48. The second kappa shape index (κ2) is 23.7. The van der Waals surface area contributed by atoms with Gasteiger partial charge in [0, 0.05) is 19.3 Å². The molecule has 0 amide bonds. The molecule has 3 N–H and O–H groups in total. The quantitative estimate of drug-likeness (QED) is 0.0652. The minimum Gasteiger partial charge on any atom is -0.481 e. The number of unbranched alkanes of at least 4 members (excludes halogenated alkanes) is 9. The molecule has 48 heavy (non-hydrogen) atoms. The topological polar surface area (TPSA) is 112 Å².